The molecule has 0 aromatic carbocycles. The van der Waals surface area contributed by atoms with Crippen LogP contribution in [0.25, 0.3) is 0 Å². The molecule has 1 rings (SSSR count). The van der Waals surface area contributed by atoms with Gasteiger partial charge < -0.3 is 5.32 Å². The van der Waals surface area contributed by atoms with E-state index in [-0.39, 0.29) is 0 Å². The lowest BCUT2D eigenvalue weighted by Crippen LogP contribution is -2.30. The summed E-state index contributed by atoms with van der Waals surface area (Å²) in [6.45, 7) is 3.14. The summed E-state index contributed by atoms with van der Waals surface area (Å²) in [6.07, 6.45) is 13.9. The lowest BCUT2D eigenvalue weighted by Gasteiger charge is -2.09. The van der Waals surface area contributed by atoms with Gasteiger partial charge in [-0.05, 0) is 19.3 Å². The zero-order valence-electron chi connectivity index (χ0n) is 11.5. The van der Waals surface area contributed by atoms with Crippen LogP contribution in [0.2, 0.25) is 0 Å². The number of amides is 1. The minimum Gasteiger partial charge on any atom is -0.356 e. The van der Waals surface area contributed by atoms with Gasteiger partial charge in [-0.15, -0.1) is 0 Å². The summed E-state index contributed by atoms with van der Waals surface area (Å²) in [5.41, 5.74) is 0. The van der Waals surface area contributed by atoms with Gasteiger partial charge >= 0.3 is 0 Å². The Labute approximate surface area is 107 Å². The Bertz CT molecular complexity index is 197. The van der Waals surface area contributed by atoms with Crippen LogP contribution in [0.1, 0.15) is 77.6 Å². The largest absolute Gasteiger partial charge is 0.356 e. The van der Waals surface area contributed by atoms with Crippen LogP contribution in [0.3, 0.4) is 0 Å². The van der Waals surface area contributed by atoms with Gasteiger partial charge in [0.25, 0.3) is 0 Å². The Kier molecular flexibility index (Phi) is 8.12. The third-order valence-electron chi connectivity index (χ3n) is 3.81. The fourth-order valence-electron chi connectivity index (χ4n) is 2.63. The van der Waals surface area contributed by atoms with E-state index in [0.717, 1.165) is 25.8 Å². The first-order valence-corrected chi connectivity index (χ1v) is 7.62. The van der Waals surface area contributed by atoms with Gasteiger partial charge in [-0.1, -0.05) is 58.3 Å². The fraction of sp³-hybridized carbons (Fsp3) is 0.933. The summed E-state index contributed by atoms with van der Waals surface area (Å²) in [5.74, 6) is 0.646. The Hall–Kier alpha value is -0.530. The highest BCUT2D eigenvalue weighted by molar-refractivity contribution is 5.78. The smallest absolute Gasteiger partial charge is 0.223 e. The Morgan fingerprint density at radius 2 is 1.59 bits per heavy atom. The van der Waals surface area contributed by atoms with Crippen LogP contribution >= 0.6 is 0 Å². The molecule has 0 spiro atoms. The van der Waals surface area contributed by atoms with Crippen molar-refractivity contribution in [1.29, 1.82) is 0 Å². The molecule has 0 bridgehead atoms. The van der Waals surface area contributed by atoms with Gasteiger partial charge in [0, 0.05) is 12.5 Å². The van der Waals surface area contributed by atoms with Gasteiger partial charge in [-0.2, -0.15) is 0 Å². The van der Waals surface area contributed by atoms with Crippen molar-refractivity contribution in [3.63, 3.8) is 0 Å². The lowest BCUT2D eigenvalue weighted by molar-refractivity contribution is -0.124. The highest BCUT2D eigenvalue weighted by Gasteiger charge is 2.21. The van der Waals surface area contributed by atoms with Crippen LogP contribution < -0.4 is 5.32 Å². The van der Waals surface area contributed by atoms with Gasteiger partial charge in [-0.25, -0.2) is 0 Å². The van der Waals surface area contributed by atoms with Crippen molar-refractivity contribution >= 4 is 5.91 Å². The van der Waals surface area contributed by atoms with Crippen molar-refractivity contribution in [1.82, 2.24) is 5.32 Å². The lowest BCUT2D eigenvalue weighted by atomic mass is 10.1. The van der Waals surface area contributed by atoms with Crippen molar-refractivity contribution in [2.75, 3.05) is 6.54 Å². The summed E-state index contributed by atoms with van der Waals surface area (Å²) in [4.78, 5) is 11.7. The molecule has 1 saturated carbocycles. The monoisotopic (exact) mass is 239 g/mol. The average molecular weight is 239 g/mol. The quantitative estimate of drug-likeness (QED) is 0.604. The maximum absolute atomic E-state index is 11.7. The molecule has 0 saturated heterocycles. The molecule has 1 fully saturated rings. The Morgan fingerprint density at radius 3 is 2.24 bits per heavy atom. The molecule has 0 heterocycles. The second-order valence-electron chi connectivity index (χ2n) is 5.39. The maximum atomic E-state index is 11.7. The number of carbonyl (C=O) groups excluding carboxylic acids is 1. The van der Waals surface area contributed by atoms with E-state index in [1.165, 1.54) is 51.4 Å². The van der Waals surface area contributed by atoms with E-state index in [0.29, 0.717) is 11.8 Å². The molecule has 2 heteroatoms. The van der Waals surface area contributed by atoms with E-state index >= 15 is 0 Å². The van der Waals surface area contributed by atoms with E-state index in [1.807, 2.05) is 0 Å². The number of hydrogen-bond donors (Lipinski definition) is 1. The van der Waals surface area contributed by atoms with Crippen LogP contribution in [0.15, 0.2) is 0 Å². The minimum atomic E-state index is 0.313. The van der Waals surface area contributed by atoms with Crippen molar-refractivity contribution in [3.8, 4) is 0 Å². The second kappa shape index (κ2) is 9.49. The zero-order chi connectivity index (χ0) is 12.3. The minimum absolute atomic E-state index is 0.313. The summed E-state index contributed by atoms with van der Waals surface area (Å²) in [5, 5.41) is 3.09. The Balaban J connectivity index is 1.85. The predicted molar refractivity (Wildman–Crippen MR) is 73.0 cm³/mol. The summed E-state index contributed by atoms with van der Waals surface area (Å²) >= 11 is 0. The summed E-state index contributed by atoms with van der Waals surface area (Å²) < 4.78 is 0. The van der Waals surface area contributed by atoms with Gasteiger partial charge in [0.05, 0.1) is 0 Å². The van der Waals surface area contributed by atoms with E-state index < -0.39 is 0 Å². The van der Waals surface area contributed by atoms with Gasteiger partial charge in [0.15, 0.2) is 0 Å². The molecule has 0 aromatic heterocycles. The summed E-state index contributed by atoms with van der Waals surface area (Å²) in [6, 6.07) is 0. The molecule has 0 aromatic rings. The van der Waals surface area contributed by atoms with E-state index in [1.54, 1.807) is 0 Å². The molecule has 0 aliphatic heterocycles. The SMILES string of the molecule is CCCCCCCCCNC(=O)C1CCCC1. The number of rotatable bonds is 9. The topological polar surface area (TPSA) is 29.1 Å². The molecule has 2 nitrogen and oxygen atoms in total. The molecule has 100 valence electrons. The van der Waals surface area contributed by atoms with Crippen molar-refractivity contribution in [3.05, 3.63) is 0 Å². The van der Waals surface area contributed by atoms with Crippen molar-refractivity contribution in [2.45, 2.75) is 77.6 Å². The molecule has 0 atom stereocenters. The molecular formula is C15H29NO. The van der Waals surface area contributed by atoms with Crippen LogP contribution in [0, 0.1) is 5.92 Å². The number of nitrogens with one attached hydrogen (secondary N) is 1. The molecule has 0 radical (unpaired) electrons. The molecular weight excluding hydrogens is 210 g/mol. The first kappa shape index (κ1) is 14.5. The highest BCUT2D eigenvalue weighted by Crippen LogP contribution is 2.24. The van der Waals surface area contributed by atoms with Crippen molar-refractivity contribution in [2.24, 2.45) is 5.92 Å². The number of hydrogen-bond acceptors (Lipinski definition) is 1. The maximum Gasteiger partial charge on any atom is 0.223 e. The van der Waals surface area contributed by atoms with E-state index in [4.69, 9.17) is 0 Å². The first-order chi connectivity index (χ1) is 8.34. The first-order valence-electron chi connectivity index (χ1n) is 7.62. The third kappa shape index (κ3) is 6.70. The number of carbonyl (C=O) groups is 1. The van der Waals surface area contributed by atoms with Crippen LogP contribution in [0.4, 0.5) is 0 Å². The van der Waals surface area contributed by atoms with Crippen LogP contribution in [0.5, 0.6) is 0 Å². The van der Waals surface area contributed by atoms with Gasteiger partial charge in [0.1, 0.15) is 0 Å². The van der Waals surface area contributed by atoms with Gasteiger partial charge in [0.2, 0.25) is 5.91 Å². The normalized spacial score (nSPS) is 16.3. The molecule has 17 heavy (non-hydrogen) atoms. The van der Waals surface area contributed by atoms with E-state index in [9.17, 15) is 4.79 Å². The average Bonchev–Trinajstić information content (AvgIpc) is 2.86. The molecule has 1 aliphatic rings. The predicted octanol–water partition coefficient (Wildman–Crippen LogP) is 4.04. The van der Waals surface area contributed by atoms with Gasteiger partial charge in [-0.3, -0.25) is 4.79 Å². The second-order valence-corrected chi connectivity index (χ2v) is 5.39. The molecule has 0 unspecified atom stereocenters. The summed E-state index contributed by atoms with van der Waals surface area (Å²) in [7, 11) is 0. The standard InChI is InChI=1S/C15H29NO/c1-2-3-4-5-6-7-10-13-16-15(17)14-11-8-9-12-14/h14H,2-13H2,1H3,(H,16,17). The number of unbranched alkanes of at least 4 members (excludes halogenated alkanes) is 6. The fourth-order valence-corrected chi connectivity index (χ4v) is 2.63. The van der Waals surface area contributed by atoms with Crippen LogP contribution in [-0.4, -0.2) is 12.5 Å². The highest BCUT2D eigenvalue weighted by atomic mass is 16.1. The third-order valence-corrected chi connectivity index (χ3v) is 3.81. The zero-order valence-corrected chi connectivity index (χ0v) is 11.5. The van der Waals surface area contributed by atoms with Crippen molar-refractivity contribution < 1.29 is 4.79 Å². The van der Waals surface area contributed by atoms with E-state index in [2.05, 4.69) is 12.2 Å². The molecule has 1 N–H and O–H groups in total. The van der Waals surface area contributed by atoms with Crippen LogP contribution in [-0.2, 0) is 4.79 Å². The molecule has 1 amide bonds. The molecule has 1 aliphatic carbocycles. The Morgan fingerprint density at radius 1 is 1.00 bits per heavy atom.